The summed E-state index contributed by atoms with van der Waals surface area (Å²) in [4.78, 5) is 0. The van der Waals surface area contributed by atoms with Gasteiger partial charge in [-0.3, -0.25) is 0 Å². The molecule has 4 heteroatoms. The molecule has 0 saturated carbocycles. The summed E-state index contributed by atoms with van der Waals surface area (Å²) in [6, 6.07) is 5.69. The van der Waals surface area contributed by atoms with E-state index >= 15 is 0 Å². The van der Waals surface area contributed by atoms with Gasteiger partial charge in [0, 0.05) is 16.9 Å². The minimum absolute atomic E-state index is 0.119. The Morgan fingerprint density at radius 2 is 2.41 bits per heavy atom. The van der Waals surface area contributed by atoms with E-state index in [1.807, 2.05) is 23.9 Å². The molecule has 0 aromatic heterocycles. The molecule has 1 aliphatic rings. The molecule has 1 aromatic carbocycles. The molecule has 1 aromatic rings. The fourth-order valence-corrected chi connectivity index (χ4v) is 4.07. The van der Waals surface area contributed by atoms with Crippen molar-refractivity contribution in [3.63, 3.8) is 0 Å². The van der Waals surface area contributed by atoms with Crippen LogP contribution in [0.3, 0.4) is 0 Å². The van der Waals surface area contributed by atoms with Gasteiger partial charge in [0.1, 0.15) is 5.82 Å². The summed E-state index contributed by atoms with van der Waals surface area (Å²) >= 11 is 5.22. The standard InChI is InChI=1S/C13H17BrFNS/c1-2-16-13(11-7-4-8-17-11)9-5-3-6-10(14)12(9)15/h3,5-6,11,13,16H,2,4,7-8H2,1H3. The third-order valence-corrected chi connectivity index (χ3v) is 5.15. The largest absolute Gasteiger partial charge is 0.309 e. The van der Waals surface area contributed by atoms with Crippen molar-refractivity contribution in [2.45, 2.75) is 31.1 Å². The minimum Gasteiger partial charge on any atom is -0.309 e. The van der Waals surface area contributed by atoms with E-state index in [1.165, 1.54) is 18.6 Å². The zero-order valence-electron chi connectivity index (χ0n) is 9.88. The van der Waals surface area contributed by atoms with Crippen molar-refractivity contribution in [1.82, 2.24) is 5.32 Å². The molecule has 2 rings (SSSR count). The minimum atomic E-state index is -0.119. The van der Waals surface area contributed by atoms with Gasteiger partial charge in [-0.05, 0) is 47.1 Å². The van der Waals surface area contributed by atoms with Crippen molar-refractivity contribution in [2.24, 2.45) is 0 Å². The number of nitrogens with one attached hydrogen (secondary N) is 1. The molecule has 0 aliphatic carbocycles. The molecule has 1 heterocycles. The van der Waals surface area contributed by atoms with Gasteiger partial charge in [0.2, 0.25) is 0 Å². The summed E-state index contributed by atoms with van der Waals surface area (Å²) in [7, 11) is 0. The average Bonchev–Trinajstić information content (AvgIpc) is 2.84. The van der Waals surface area contributed by atoms with Crippen LogP contribution in [0, 0.1) is 5.82 Å². The van der Waals surface area contributed by atoms with Crippen molar-refractivity contribution in [2.75, 3.05) is 12.3 Å². The Morgan fingerprint density at radius 1 is 1.59 bits per heavy atom. The molecule has 0 amide bonds. The summed E-state index contributed by atoms with van der Waals surface area (Å²) in [5, 5.41) is 3.93. The number of halogens is 2. The Hall–Kier alpha value is -0.0600. The Morgan fingerprint density at radius 3 is 3.06 bits per heavy atom. The van der Waals surface area contributed by atoms with Crippen LogP contribution < -0.4 is 5.32 Å². The van der Waals surface area contributed by atoms with E-state index < -0.39 is 0 Å². The normalized spacial score (nSPS) is 21.7. The van der Waals surface area contributed by atoms with E-state index in [0.717, 1.165) is 12.1 Å². The maximum atomic E-state index is 14.1. The summed E-state index contributed by atoms with van der Waals surface area (Å²) < 4.78 is 14.7. The Kier molecular flexibility index (Phi) is 4.88. The van der Waals surface area contributed by atoms with Crippen LogP contribution in [-0.2, 0) is 0 Å². The molecule has 1 saturated heterocycles. The second-order valence-corrected chi connectivity index (χ2v) is 6.43. The number of rotatable bonds is 4. The predicted octanol–water partition coefficient (Wildman–Crippen LogP) is 4.13. The molecule has 1 nitrogen and oxygen atoms in total. The number of benzene rings is 1. The number of hydrogen-bond donors (Lipinski definition) is 1. The Labute approximate surface area is 115 Å². The molecule has 1 fully saturated rings. The van der Waals surface area contributed by atoms with Gasteiger partial charge in [0.25, 0.3) is 0 Å². The second-order valence-electron chi connectivity index (χ2n) is 4.23. The molecule has 1 aliphatic heterocycles. The molecule has 17 heavy (non-hydrogen) atoms. The molecular formula is C13H17BrFNS. The lowest BCUT2D eigenvalue weighted by Gasteiger charge is -2.24. The molecule has 0 radical (unpaired) electrons. The first-order valence-electron chi connectivity index (χ1n) is 6.03. The average molecular weight is 318 g/mol. The van der Waals surface area contributed by atoms with Crippen molar-refractivity contribution in [1.29, 1.82) is 0 Å². The van der Waals surface area contributed by atoms with E-state index in [2.05, 4.69) is 28.2 Å². The fourth-order valence-electron chi connectivity index (χ4n) is 2.29. The lowest BCUT2D eigenvalue weighted by atomic mass is 10.00. The van der Waals surface area contributed by atoms with Gasteiger partial charge >= 0.3 is 0 Å². The first-order chi connectivity index (χ1) is 8.24. The SMILES string of the molecule is CCNC(c1cccc(Br)c1F)C1CCCS1. The van der Waals surface area contributed by atoms with Gasteiger partial charge in [-0.15, -0.1) is 0 Å². The molecule has 2 unspecified atom stereocenters. The fraction of sp³-hybridized carbons (Fsp3) is 0.538. The maximum absolute atomic E-state index is 14.1. The molecule has 94 valence electrons. The topological polar surface area (TPSA) is 12.0 Å². The van der Waals surface area contributed by atoms with Crippen molar-refractivity contribution < 1.29 is 4.39 Å². The smallest absolute Gasteiger partial charge is 0.142 e. The van der Waals surface area contributed by atoms with E-state index in [-0.39, 0.29) is 11.9 Å². The number of hydrogen-bond acceptors (Lipinski definition) is 2. The highest BCUT2D eigenvalue weighted by atomic mass is 79.9. The van der Waals surface area contributed by atoms with Gasteiger partial charge in [-0.2, -0.15) is 11.8 Å². The monoisotopic (exact) mass is 317 g/mol. The molecule has 1 N–H and O–H groups in total. The van der Waals surface area contributed by atoms with Crippen molar-refractivity contribution in [3.05, 3.63) is 34.1 Å². The third kappa shape index (κ3) is 3.04. The zero-order chi connectivity index (χ0) is 12.3. The van der Waals surface area contributed by atoms with E-state index in [1.54, 1.807) is 6.07 Å². The summed E-state index contributed by atoms with van der Waals surface area (Å²) in [6.45, 7) is 2.94. The molecular weight excluding hydrogens is 301 g/mol. The van der Waals surface area contributed by atoms with E-state index in [0.29, 0.717) is 9.72 Å². The van der Waals surface area contributed by atoms with Crippen LogP contribution >= 0.6 is 27.7 Å². The predicted molar refractivity (Wildman–Crippen MR) is 76.0 cm³/mol. The highest BCUT2D eigenvalue weighted by Crippen LogP contribution is 2.37. The summed E-state index contributed by atoms with van der Waals surface area (Å²) in [6.07, 6.45) is 2.42. The van der Waals surface area contributed by atoms with E-state index in [9.17, 15) is 4.39 Å². The van der Waals surface area contributed by atoms with Crippen molar-refractivity contribution >= 4 is 27.7 Å². The molecule has 2 atom stereocenters. The second kappa shape index (κ2) is 6.21. The summed E-state index contributed by atoms with van der Waals surface area (Å²) in [5.41, 5.74) is 0.792. The molecule has 0 spiro atoms. The van der Waals surface area contributed by atoms with Crippen LogP contribution in [-0.4, -0.2) is 17.5 Å². The first kappa shape index (κ1) is 13.4. The van der Waals surface area contributed by atoms with Gasteiger partial charge in [0.15, 0.2) is 0 Å². The van der Waals surface area contributed by atoms with Crippen LogP contribution in [0.4, 0.5) is 4.39 Å². The lowest BCUT2D eigenvalue weighted by molar-refractivity contribution is 0.487. The number of thioether (sulfide) groups is 1. The van der Waals surface area contributed by atoms with Crippen LogP contribution in [0.1, 0.15) is 31.4 Å². The van der Waals surface area contributed by atoms with Crippen LogP contribution in [0.5, 0.6) is 0 Å². The van der Waals surface area contributed by atoms with Gasteiger partial charge in [0.05, 0.1) is 4.47 Å². The maximum Gasteiger partial charge on any atom is 0.142 e. The third-order valence-electron chi connectivity index (χ3n) is 3.08. The van der Waals surface area contributed by atoms with Crippen LogP contribution in [0.2, 0.25) is 0 Å². The Balaban J connectivity index is 2.27. The zero-order valence-corrected chi connectivity index (χ0v) is 12.3. The van der Waals surface area contributed by atoms with Crippen molar-refractivity contribution in [3.8, 4) is 0 Å². The lowest BCUT2D eigenvalue weighted by Crippen LogP contribution is -2.29. The van der Waals surface area contributed by atoms with Crippen LogP contribution in [0.15, 0.2) is 22.7 Å². The first-order valence-corrected chi connectivity index (χ1v) is 7.87. The Bertz CT molecular complexity index is 380. The van der Waals surface area contributed by atoms with Gasteiger partial charge in [-0.25, -0.2) is 4.39 Å². The van der Waals surface area contributed by atoms with Crippen LogP contribution in [0.25, 0.3) is 0 Å². The van der Waals surface area contributed by atoms with Gasteiger partial charge in [-0.1, -0.05) is 19.1 Å². The quantitative estimate of drug-likeness (QED) is 0.896. The summed E-state index contributed by atoms with van der Waals surface area (Å²) in [5.74, 6) is 1.08. The highest BCUT2D eigenvalue weighted by Gasteiger charge is 2.28. The molecule has 0 bridgehead atoms. The van der Waals surface area contributed by atoms with Gasteiger partial charge < -0.3 is 5.32 Å². The highest BCUT2D eigenvalue weighted by molar-refractivity contribution is 9.10. The van der Waals surface area contributed by atoms with E-state index in [4.69, 9.17) is 0 Å².